The number of methoxy groups -OCH3 is 2. The van der Waals surface area contributed by atoms with Crippen molar-refractivity contribution < 1.29 is 19.1 Å². The van der Waals surface area contributed by atoms with Crippen molar-refractivity contribution in [1.82, 2.24) is 15.5 Å². The fraction of sp³-hybridized carbons (Fsp3) is 0.600. The van der Waals surface area contributed by atoms with Gasteiger partial charge < -0.3 is 14.8 Å². The zero-order chi connectivity index (χ0) is 19.2. The highest BCUT2D eigenvalue weighted by atomic mass is 16.5. The van der Waals surface area contributed by atoms with Gasteiger partial charge in [-0.1, -0.05) is 12.8 Å². The summed E-state index contributed by atoms with van der Waals surface area (Å²) in [6, 6.07) is 5.59. The minimum Gasteiger partial charge on any atom is -0.497 e. The lowest BCUT2D eigenvalue weighted by Crippen LogP contribution is -2.47. The van der Waals surface area contributed by atoms with Gasteiger partial charge in [0.25, 0.3) is 0 Å². The van der Waals surface area contributed by atoms with E-state index in [0.29, 0.717) is 0 Å². The zero-order valence-corrected chi connectivity index (χ0v) is 16.1. The zero-order valence-electron chi connectivity index (χ0n) is 16.1. The molecule has 1 unspecified atom stereocenters. The number of rotatable bonds is 6. The van der Waals surface area contributed by atoms with Crippen LogP contribution in [-0.2, 0) is 4.79 Å². The van der Waals surface area contributed by atoms with Crippen LogP contribution in [0.25, 0.3) is 0 Å². The maximum Gasteiger partial charge on any atom is 0.321 e. The summed E-state index contributed by atoms with van der Waals surface area (Å²) in [7, 11) is 3.28. The van der Waals surface area contributed by atoms with E-state index >= 15 is 0 Å². The van der Waals surface area contributed by atoms with E-state index in [1.54, 1.807) is 14.2 Å². The molecule has 1 saturated carbocycles. The van der Waals surface area contributed by atoms with Crippen LogP contribution in [0.3, 0.4) is 0 Å². The van der Waals surface area contributed by atoms with Crippen LogP contribution >= 0.6 is 0 Å². The first-order chi connectivity index (χ1) is 13.1. The Bertz CT molecular complexity index is 673. The van der Waals surface area contributed by atoms with Gasteiger partial charge in [-0.2, -0.15) is 0 Å². The molecule has 1 aromatic rings. The Morgan fingerprint density at radius 3 is 2.59 bits per heavy atom. The van der Waals surface area contributed by atoms with E-state index in [0.717, 1.165) is 62.1 Å². The molecular formula is C20H29N3O4. The summed E-state index contributed by atoms with van der Waals surface area (Å²) >= 11 is 0. The molecule has 148 valence electrons. The largest absolute Gasteiger partial charge is 0.497 e. The molecule has 0 bridgehead atoms. The Balaban J connectivity index is 1.61. The highest BCUT2D eigenvalue weighted by Crippen LogP contribution is 2.38. The second-order valence-corrected chi connectivity index (χ2v) is 7.24. The summed E-state index contributed by atoms with van der Waals surface area (Å²) in [6.45, 7) is 0.992. The number of hydrogen-bond donors (Lipinski definition) is 2. The average molecular weight is 375 g/mol. The fourth-order valence-corrected chi connectivity index (χ4v) is 4.11. The molecule has 0 spiro atoms. The SMILES string of the molecule is COc1ccc(OC)c(C2CCCN2CC(=O)NC(=O)NC2CCCC2)c1. The van der Waals surface area contributed by atoms with Crippen molar-refractivity contribution in [2.75, 3.05) is 27.3 Å². The van der Waals surface area contributed by atoms with Gasteiger partial charge in [-0.15, -0.1) is 0 Å². The minimum absolute atomic E-state index is 0.0682. The number of ether oxygens (including phenoxy) is 2. The van der Waals surface area contributed by atoms with Crippen molar-refractivity contribution in [3.63, 3.8) is 0 Å². The van der Waals surface area contributed by atoms with Crippen molar-refractivity contribution in [1.29, 1.82) is 0 Å². The molecule has 1 aromatic carbocycles. The van der Waals surface area contributed by atoms with Crippen LogP contribution in [0.15, 0.2) is 18.2 Å². The number of carbonyl (C=O) groups excluding carboxylic acids is 2. The first-order valence-electron chi connectivity index (χ1n) is 9.67. The molecule has 3 rings (SSSR count). The molecule has 2 N–H and O–H groups in total. The Morgan fingerprint density at radius 1 is 1.11 bits per heavy atom. The normalized spacial score (nSPS) is 20.4. The molecular weight excluding hydrogens is 346 g/mol. The minimum atomic E-state index is -0.387. The smallest absolute Gasteiger partial charge is 0.321 e. The van der Waals surface area contributed by atoms with Crippen LogP contribution in [0.5, 0.6) is 11.5 Å². The van der Waals surface area contributed by atoms with E-state index in [9.17, 15) is 9.59 Å². The van der Waals surface area contributed by atoms with E-state index in [2.05, 4.69) is 15.5 Å². The summed E-state index contributed by atoms with van der Waals surface area (Å²) in [6.07, 6.45) is 6.18. The molecule has 27 heavy (non-hydrogen) atoms. The number of carbonyl (C=O) groups is 2. The third-order valence-corrected chi connectivity index (χ3v) is 5.45. The molecule has 7 nitrogen and oxygen atoms in total. The maximum absolute atomic E-state index is 12.4. The van der Waals surface area contributed by atoms with Crippen LogP contribution in [0, 0.1) is 0 Å². The van der Waals surface area contributed by atoms with E-state index < -0.39 is 0 Å². The highest BCUT2D eigenvalue weighted by Gasteiger charge is 2.30. The van der Waals surface area contributed by atoms with E-state index in [-0.39, 0.29) is 30.6 Å². The Morgan fingerprint density at radius 2 is 1.89 bits per heavy atom. The average Bonchev–Trinajstić information content (AvgIpc) is 3.32. The first-order valence-corrected chi connectivity index (χ1v) is 9.67. The van der Waals surface area contributed by atoms with Crippen molar-refractivity contribution in [2.45, 2.75) is 50.6 Å². The van der Waals surface area contributed by atoms with Gasteiger partial charge in [0, 0.05) is 17.6 Å². The van der Waals surface area contributed by atoms with Gasteiger partial charge in [-0.25, -0.2) is 4.79 Å². The van der Waals surface area contributed by atoms with Crippen molar-refractivity contribution in [3.05, 3.63) is 23.8 Å². The number of imide groups is 1. The van der Waals surface area contributed by atoms with Gasteiger partial charge in [0.1, 0.15) is 11.5 Å². The van der Waals surface area contributed by atoms with Crippen LogP contribution in [-0.4, -0.2) is 50.2 Å². The number of likely N-dealkylation sites (tertiary alicyclic amines) is 1. The van der Waals surface area contributed by atoms with E-state index in [4.69, 9.17) is 9.47 Å². The predicted octanol–water partition coefficient (Wildman–Crippen LogP) is 2.61. The summed E-state index contributed by atoms with van der Waals surface area (Å²) in [5, 5.41) is 5.36. The third-order valence-electron chi connectivity index (χ3n) is 5.45. The van der Waals surface area contributed by atoms with Gasteiger partial charge in [-0.05, 0) is 50.4 Å². The van der Waals surface area contributed by atoms with Crippen LogP contribution in [0.1, 0.15) is 50.1 Å². The molecule has 1 aliphatic heterocycles. The standard InChI is InChI=1S/C20H29N3O4/c1-26-15-9-10-18(27-2)16(12-15)17-8-5-11-23(17)13-19(24)22-20(25)21-14-6-3-4-7-14/h9-10,12,14,17H,3-8,11,13H2,1-2H3,(H2,21,22,24,25). The number of benzene rings is 1. The molecule has 1 atom stereocenters. The maximum atomic E-state index is 12.4. The van der Waals surface area contributed by atoms with Crippen LogP contribution in [0.4, 0.5) is 4.79 Å². The summed E-state index contributed by atoms with van der Waals surface area (Å²) in [4.78, 5) is 26.5. The molecule has 2 fully saturated rings. The summed E-state index contributed by atoms with van der Waals surface area (Å²) in [5.74, 6) is 1.27. The first kappa shape index (κ1) is 19.5. The molecule has 2 aliphatic rings. The van der Waals surface area contributed by atoms with Gasteiger partial charge in [0.05, 0.1) is 20.8 Å². The second kappa shape index (κ2) is 9.08. The molecule has 7 heteroatoms. The quantitative estimate of drug-likeness (QED) is 0.799. The highest BCUT2D eigenvalue weighted by molar-refractivity contribution is 5.95. The van der Waals surface area contributed by atoms with Crippen molar-refractivity contribution >= 4 is 11.9 Å². The Labute approximate surface area is 160 Å². The molecule has 3 amide bonds. The summed E-state index contributed by atoms with van der Waals surface area (Å²) < 4.78 is 10.8. The number of hydrogen-bond acceptors (Lipinski definition) is 5. The lowest BCUT2D eigenvalue weighted by molar-refractivity contribution is -0.121. The lowest BCUT2D eigenvalue weighted by atomic mass is 10.0. The fourth-order valence-electron chi connectivity index (χ4n) is 4.11. The molecule has 1 heterocycles. The molecule has 0 radical (unpaired) electrons. The Kier molecular flexibility index (Phi) is 6.55. The van der Waals surface area contributed by atoms with Gasteiger partial charge in [-0.3, -0.25) is 15.0 Å². The number of nitrogens with zero attached hydrogens (tertiary/aromatic N) is 1. The third kappa shape index (κ3) is 4.91. The van der Waals surface area contributed by atoms with Crippen LogP contribution in [0.2, 0.25) is 0 Å². The van der Waals surface area contributed by atoms with Crippen LogP contribution < -0.4 is 20.1 Å². The molecule has 0 aromatic heterocycles. The molecule has 1 saturated heterocycles. The lowest BCUT2D eigenvalue weighted by Gasteiger charge is -2.26. The monoisotopic (exact) mass is 375 g/mol. The molecule has 1 aliphatic carbocycles. The second-order valence-electron chi connectivity index (χ2n) is 7.24. The Hall–Kier alpha value is -2.28. The number of urea groups is 1. The predicted molar refractivity (Wildman–Crippen MR) is 102 cm³/mol. The van der Waals surface area contributed by atoms with Crippen molar-refractivity contribution in [3.8, 4) is 11.5 Å². The topological polar surface area (TPSA) is 79.9 Å². The number of amides is 3. The van der Waals surface area contributed by atoms with E-state index in [1.165, 1.54) is 0 Å². The number of nitrogens with one attached hydrogen (secondary N) is 2. The van der Waals surface area contributed by atoms with Gasteiger partial charge in [0.2, 0.25) is 5.91 Å². The van der Waals surface area contributed by atoms with Gasteiger partial charge >= 0.3 is 6.03 Å². The summed E-state index contributed by atoms with van der Waals surface area (Å²) in [5.41, 5.74) is 1.01. The van der Waals surface area contributed by atoms with Gasteiger partial charge in [0.15, 0.2) is 0 Å². The van der Waals surface area contributed by atoms with E-state index in [1.807, 2.05) is 18.2 Å². The van der Waals surface area contributed by atoms with Crippen molar-refractivity contribution in [2.24, 2.45) is 0 Å².